The fourth-order valence-corrected chi connectivity index (χ4v) is 3.12. The molecule has 0 saturated carbocycles. The van der Waals surface area contributed by atoms with Crippen molar-refractivity contribution in [2.75, 3.05) is 44.6 Å². The number of para-hydroxylation sites is 1. The quantitative estimate of drug-likeness (QED) is 0.297. The summed E-state index contributed by atoms with van der Waals surface area (Å²) in [5.41, 5.74) is 9.22. The highest BCUT2D eigenvalue weighted by molar-refractivity contribution is 6.00. The average Bonchev–Trinajstić information content (AvgIpc) is 2.66. The third-order valence-corrected chi connectivity index (χ3v) is 4.49. The van der Waals surface area contributed by atoms with E-state index in [0.717, 1.165) is 65.8 Å². The number of H-pyrrole nitrogens is 1. The van der Waals surface area contributed by atoms with Crippen LogP contribution >= 0.6 is 0 Å². The van der Waals surface area contributed by atoms with Crippen molar-refractivity contribution in [1.29, 1.82) is 0 Å². The monoisotopic (exact) mass is 353 g/mol. The Labute approximate surface area is 153 Å². The molecule has 0 spiro atoms. The summed E-state index contributed by atoms with van der Waals surface area (Å²) in [6.45, 7) is 6.88. The van der Waals surface area contributed by atoms with Crippen LogP contribution in [-0.4, -0.2) is 44.3 Å². The molecule has 0 atom stereocenters. The molecule has 6 nitrogen and oxygen atoms in total. The SMILES string of the molecule is Cc1ccc(NCCNCCNCCN)c2c(=O)c3ccccc3[nH]c12. The largest absolute Gasteiger partial charge is 0.383 e. The topological polar surface area (TPSA) is 95.0 Å². The Morgan fingerprint density at radius 3 is 2.50 bits per heavy atom. The van der Waals surface area contributed by atoms with E-state index in [1.165, 1.54) is 0 Å². The lowest BCUT2D eigenvalue weighted by atomic mass is 10.1. The van der Waals surface area contributed by atoms with Crippen LogP contribution in [0.3, 0.4) is 0 Å². The molecule has 2 aromatic carbocycles. The predicted octanol–water partition coefficient (Wildman–Crippen LogP) is 1.54. The number of aryl methyl sites for hydroxylation is 1. The van der Waals surface area contributed by atoms with E-state index >= 15 is 0 Å². The van der Waals surface area contributed by atoms with Gasteiger partial charge in [-0.1, -0.05) is 18.2 Å². The van der Waals surface area contributed by atoms with Crippen molar-refractivity contribution in [2.24, 2.45) is 5.73 Å². The highest BCUT2D eigenvalue weighted by Crippen LogP contribution is 2.24. The van der Waals surface area contributed by atoms with Crippen LogP contribution in [0.15, 0.2) is 41.2 Å². The zero-order chi connectivity index (χ0) is 18.4. The van der Waals surface area contributed by atoms with Gasteiger partial charge in [0.05, 0.1) is 10.9 Å². The molecular formula is C20H27N5O. The summed E-state index contributed by atoms with van der Waals surface area (Å²) in [4.78, 5) is 16.4. The number of nitrogens with two attached hydrogens (primary N) is 1. The molecule has 0 amide bonds. The van der Waals surface area contributed by atoms with Crippen molar-refractivity contribution in [1.82, 2.24) is 15.6 Å². The number of aromatic amines is 1. The predicted molar refractivity (Wildman–Crippen MR) is 110 cm³/mol. The summed E-state index contributed by atoms with van der Waals surface area (Å²) in [5, 5.41) is 11.5. The maximum Gasteiger partial charge on any atom is 0.199 e. The summed E-state index contributed by atoms with van der Waals surface area (Å²) >= 11 is 0. The van der Waals surface area contributed by atoms with Gasteiger partial charge < -0.3 is 26.7 Å². The molecule has 3 aromatic rings. The third kappa shape index (κ3) is 4.04. The van der Waals surface area contributed by atoms with E-state index in [4.69, 9.17) is 5.73 Å². The molecule has 6 heteroatoms. The first-order chi connectivity index (χ1) is 12.7. The smallest absolute Gasteiger partial charge is 0.199 e. The molecule has 0 fully saturated rings. The van der Waals surface area contributed by atoms with Crippen molar-refractivity contribution < 1.29 is 0 Å². The second-order valence-corrected chi connectivity index (χ2v) is 6.40. The number of hydrogen-bond acceptors (Lipinski definition) is 5. The van der Waals surface area contributed by atoms with Gasteiger partial charge in [0.2, 0.25) is 0 Å². The van der Waals surface area contributed by atoms with Crippen molar-refractivity contribution in [3.8, 4) is 0 Å². The van der Waals surface area contributed by atoms with E-state index in [-0.39, 0.29) is 5.43 Å². The number of nitrogens with one attached hydrogen (secondary N) is 4. The van der Waals surface area contributed by atoms with Gasteiger partial charge in [0, 0.05) is 55.9 Å². The fourth-order valence-electron chi connectivity index (χ4n) is 3.12. The third-order valence-electron chi connectivity index (χ3n) is 4.49. The molecule has 1 aromatic heterocycles. The lowest BCUT2D eigenvalue weighted by Gasteiger charge is -2.13. The van der Waals surface area contributed by atoms with Crippen LogP contribution in [-0.2, 0) is 0 Å². The molecule has 6 N–H and O–H groups in total. The van der Waals surface area contributed by atoms with E-state index in [2.05, 4.69) is 20.9 Å². The maximum atomic E-state index is 13.0. The first kappa shape index (κ1) is 18.4. The van der Waals surface area contributed by atoms with Crippen LogP contribution in [0, 0.1) is 6.92 Å². The first-order valence-electron chi connectivity index (χ1n) is 9.12. The highest BCUT2D eigenvalue weighted by Gasteiger charge is 2.11. The summed E-state index contributed by atoms with van der Waals surface area (Å²) in [7, 11) is 0. The van der Waals surface area contributed by atoms with Gasteiger partial charge in [0.15, 0.2) is 5.43 Å². The van der Waals surface area contributed by atoms with Crippen LogP contribution in [0.1, 0.15) is 5.56 Å². The standard InChI is InChI=1S/C20H27N5O/c1-14-6-7-17(24-13-12-23-11-10-22-9-8-21)18-19(14)25-16-5-3-2-4-15(16)20(18)26/h2-7,22-24H,8-13,21H2,1H3,(H,25,26). The van der Waals surface area contributed by atoms with Gasteiger partial charge in [-0.05, 0) is 30.7 Å². The second kappa shape index (κ2) is 8.80. The Bertz CT molecular complexity index is 935. The molecule has 0 saturated heterocycles. The molecule has 0 aliphatic rings. The summed E-state index contributed by atoms with van der Waals surface area (Å²) in [5.74, 6) is 0. The van der Waals surface area contributed by atoms with Crippen LogP contribution in [0.5, 0.6) is 0 Å². The molecule has 26 heavy (non-hydrogen) atoms. The molecule has 0 aliphatic heterocycles. The molecule has 0 aliphatic carbocycles. The number of aromatic nitrogens is 1. The summed E-state index contributed by atoms with van der Waals surface area (Å²) in [6, 6.07) is 11.7. The van der Waals surface area contributed by atoms with E-state index in [0.29, 0.717) is 6.54 Å². The minimum Gasteiger partial charge on any atom is -0.383 e. The first-order valence-corrected chi connectivity index (χ1v) is 9.12. The van der Waals surface area contributed by atoms with Crippen LogP contribution in [0.4, 0.5) is 5.69 Å². The lowest BCUT2D eigenvalue weighted by Crippen LogP contribution is -2.32. The van der Waals surface area contributed by atoms with Crippen molar-refractivity contribution in [3.63, 3.8) is 0 Å². The van der Waals surface area contributed by atoms with Crippen LogP contribution < -0.4 is 27.1 Å². The Balaban J connectivity index is 1.74. The zero-order valence-corrected chi connectivity index (χ0v) is 15.2. The fraction of sp³-hybridized carbons (Fsp3) is 0.350. The number of rotatable bonds is 9. The number of hydrogen-bond donors (Lipinski definition) is 5. The normalized spacial score (nSPS) is 11.3. The molecule has 0 unspecified atom stereocenters. The number of fused-ring (bicyclic) bond motifs is 2. The Morgan fingerprint density at radius 2 is 1.69 bits per heavy atom. The van der Waals surface area contributed by atoms with E-state index in [9.17, 15) is 4.79 Å². The maximum absolute atomic E-state index is 13.0. The highest BCUT2D eigenvalue weighted by atomic mass is 16.1. The number of pyridine rings is 1. The second-order valence-electron chi connectivity index (χ2n) is 6.40. The molecule has 3 rings (SSSR count). The molecule has 0 radical (unpaired) electrons. The number of benzene rings is 2. The van der Waals surface area contributed by atoms with Gasteiger partial charge in [-0.3, -0.25) is 4.79 Å². The van der Waals surface area contributed by atoms with Gasteiger partial charge in [0.25, 0.3) is 0 Å². The molecule has 138 valence electrons. The van der Waals surface area contributed by atoms with Crippen molar-refractivity contribution >= 4 is 27.5 Å². The van der Waals surface area contributed by atoms with Gasteiger partial charge in [-0.15, -0.1) is 0 Å². The van der Waals surface area contributed by atoms with Gasteiger partial charge in [-0.25, -0.2) is 0 Å². The lowest BCUT2D eigenvalue weighted by molar-refractivity contribution is 0.622. The molecule has 1 heterocycles. The Morgan fingerprint density at radius 1 is 0.962 bits per heavy atom. The molecule has 0 bridgehead atoms. The summed E-state index contributed by atoms with van der Waals surface area (Å²) < 4.78 is 0. The van der Waals surface area contributed by atoms with Crippen LogP contribution in [0.2, 0.25) is 0 Å². The summed E-state index contributed by atoms with van der Waals surface area (Å²) in [6.07, 6.45) is 0. The van der Waals surface area contributed by atoms with Gasteiger partial charge in [0.1, 0.15) is 0 Å². The minimum atomic E-state index is 0.0690. The molecular weight excluding hydrogens is 326 g/mol. The van der Waals surface area contributed by atoms with E-state index < -0.39 is 0 Å². The van der Waals surface area contributed by atoms with Crippen molar-refractivity contribution in [3.05, 3.63) is 52.2 Å². The van der Waals surface area contributed by atoms with E-state index in [1.807, 2.05) is 43.3 Å². The Kier molecular flexibility index (Phi) is 6.22. The van der Waals surface area contributed by atoms with E-state index in [1.54, 1.807) is 0 Å². The van der Waals surface area contributed by atoms with Gasteiger partial charge >= 0.3 is 0 Å². The minimum absolute atomic E-state index is 0.0690. The van der Waals surface area contributed by atoms with Crippen molar-refractivity contribution in [2.45, 2.75) is 6.92 Å². The van der Waals surface area contributed by atoms with Crippen LogP contribution in [0.25, 0.3) is 21.8 Å². The zero-order valence-electron chi connectivity index (χ0n) is 15.2. The average molecular weight is 353 g/mol. The number of anilines is 1. The van der Waals surface area contributed by atoms with Gasteiger partial charge in [-0.2, -0.15) is 0 Å². The Hall–Kier alpha value is -2.41.